The van der Waals surface area contributed by atoms with Crippen LogP contribution in [0.4, 0.5) is 5.69 Å². The number of carbonyl (C=O) groups is 4. The van der Waals surface area contributed by atoms with E-state index in [2.05, 4.69) is 16.0 Å². The van der Waals surface area contributed by atoms with Gasteiger partial charge in [-0.1, -0.05) is 38.1 Å². The summed E-state index contributed by atoms with van der Waals surface area (Å²) in [7, 11) is 1.56. The van der Waals surface area contributed by atoms with E-state index in [9.17, 15) is 19.2 Å². The molecule has 2 aromatic carbocycles. The average Bonchev–Trinajstić information content (AvgIpc) is 2.84. The molecule has 204 valence electrons. The lowest BCUT2D eigenvalue weighted by molar-refractivity contribution is -0.141. The fourth-order valence-electron chi connectivity index (χ4n) is 4.19. The molecule has 3 rings (SSSR count). The molecule has 0 unspecified atom stereocenters. The summed E-state index contributed by atoms with van der Waals surface area (Å²) in [5.74, 6) is -1.39. The van der Waals surface area contributed by atoms with Crippen LogP contribution in [0.15, 0.2) is 48.5 Å². The van der Waals surface area contributed by atoms with Gasteiger partial charge >= 0.3 is 0 Å². The topological polar surface area (TPSA) is 117 Å². The van der Waals surface area contributed by atoms with Gasteiger partial charge < -0.3 is 25.6 Å². The molecule has 0 bridgehead atoms. The molecule has 0 saturated heterocycles. The van der Waals surface area contributed by atoms with Crippen molar-refractivity contribution >= 4 is 29.3 Å². The molecule has 0 aromatic heterocycles. The second-order valence-electron chi connectivity index (χ2n) is 11.0. The van der Waals surface area contributed by atoms with E-state index in [-0.39, 0.29) is 23.5 Å². The summed E-state index contributed by atoms with van der Waals surface area (Å²) in [6, 6.07) is 11.3. The molecular formula is C29H38N4O5. The van der Waals surface area contributed by atoms with Gasteiger partial charge in [0.05, 0.1) is 11.3 Å². The minimum Gasteiger partial charge on any atom is -0.488 e. The van der Waals surface area contributed by atoms with Crippen molar-refractivity contribution in [2.75, 3.05) is 12.4 Å². The Morgan fingerprint density at radius 1 is 0.921 bits per heavy atom. The maximum absolute atomic E-state index is 13.7. The minimum absolute atomic E-state index is 0.216. The maximum Gasteiger partial charge on any atom is 0.254 e. The Balaban J connectivity index is 2.01. The lowest BCUT2D eigenvalue weighted by atomic mass is 9.99. The third kappa shape index (κ3) is 7.12. The normalized spacial score (nSPS) is 21.4. The summed E-state index contributed by atoms with van der Waals surface area (Å²) in [6.45, 7) is 11.1. The van der Waals surface area contributed by atoms with Gasteiger partial charge in [0, 0.05) is 13.5 Å². The predicted molar refractivity (Wildman–Crippen MR) is 146 cm³/mol. The zero-order valence-electron chi connectivity index (χ0n) is 23.1. The molecule has 4 amide bonds. The Labute approximate surface area is 224 Å². The van der Waals surface area contributed by atoms with Crippen molar-refractivity contribution < 1.29 is 23.9 Å². The van der Waals surface area contributed by atoms with Gasteiger partial charge in [-0.05, 0) is 63.4 Å². The molecule has 1 heterocycles. The lowest BCUT2D eigenvalue weighted by Gasteiger charge is -2.32. The Bertz CT molecular complexity index is 1190. The van der Waals surface area contributed by atoms with Crippen molar-refractivity contribution in [1.29, 1.82) is 0 Å². The minimum atomic E-state index is -0.913. The summed E-state index contributed by atoms with van der Waals surface area (Å²) < 4.78 is 5.90. The van der Waals surface area contributed by atoms with Gasteiger partial charge in [-0.15, -0.1) is 0 Å². The smallest absolute Gasteiger partial charge is 0.254 e. The van der Waals surface area contributed by atoms with Crippen molar-refractivity contribution in [3.05, 3.63) is 59.7 Å². The number of nitrogens with one attached hydrogen (secondary N) is 3. The number of carbonyl (C=O) groups excluding carboxylic acids is 4. The van der Waals surface area contributed by atoms with Crippen molar-refractivity contribution in [3.63, 3.8) is 0 Å². The fourth-order valence-corrected chi connectivity index (χ4v) is 4.19. The van der Waals surface area contributed by atoms with E-state index in [0.29, 0.717) is 11.4 Å². The number of benzene rings is 2. The lowest BCUT2D eigenvalue weighted by Crippen LogP contribution is -2.57. The molecule has 0 saturated carbocycles. The van der Waals surface area contributed by atoms with Gasteiger partial charge in [0.2, 0.25) is 17.7 Å². The molecule has 0 radical (unpaired) electrons. The first kappa shape index (κ1) is 28.7. The Morgan fingerprint density at radius 2 is 1.55 bits per heavy atom. The van der Waals surface area contributed by atoms with Gasteiger partial charge in [0.15, 0.2) is 0 Å². The first-order chi connectivity index (χ1) is 17.8. The van der Waals surface area contributed by atoms with Crippen LogP contribution in [0.2, 0.25) is 0 Å². The first-order valence-electron chi connectivity index (χ1n) is 12.8. The number of para-hydroxylation sites is 1. The third-order valence-corrected chi connectivity index (χ3v) is 6.30. The molecule has 38 heavy (non-hydrogen) atoms. The van der Waals surface area contributed by atoms with Crippen LogP contribution in [0.5, 0.6) is 5.75 Å². The highest BCUT2D eigenvalue weighted by Gasteiger charge is 2.35. The molecule has 1 aliphatic heterocycles. The molecule has 3 N–H and O–H groups in total. The van der Waals surface area contributed by atoms with Gasteiger partial charge in [0.25, 0.3) is 5.91 Å². The number of rotatable bonds is 4. The molecule has 0 fully saturated rings. The van der Waals surface area contributed by atoms with Crippen LogP contribution in [0.3, 0.4) is 0 Å². The Morgan fingerprint density at radius 3 is 2.16 bits per heavy atom. The van der Waals surface area contributed by atoms with Crippen LogP contribution in [-0.4, -0.2) is 59.3 Å². The van der Waals surface area contributed by atoms with Crippen LogP contribution >= 0.6 is 0 Å². The van der Waals surface area contributed by atoms with E-state index in [1.54, 1.807) is 38.2 Å². The molecule has 0 spiro atoms. The number of fused-ring (bicyclic) bond motifs is 1. The molecule has 2 aromatic rings. The van der Waals surface area contributed by atoms with Gasteiger partial charge in [-0.2, -0.15) is 0 Å². The highest BCUT2D eigenvalue weighted by atomic mass is 16.5. The van der Waals surface area contributed by atoms with Crippen LogP contribution < -0.4 is 20.7 Å². The van der Waals surface area contributed by atoms with Gasteiger partial charge in [-0.25, -0.2) is 0 Å². The van der Waals surface area contributed by atoms with E-state index < -0.39 is 41.8 Å². The van der Waals surface area contributed by atoms with E-state index in [1.165, 1.54) is 4.90 Å². The summed E-state index contributed by atoms with van der Waals surface area (Å²) in [6.07, 6.45) is 0.216. The Kier molecular flexibility index (Phi) is 8.81. The summed E-state index contributed by atoms with van der Waals surface area (Å²) in [4.78, 5) is 54.6. The zero-order valence-corrected chi connectivity index (χ0v) is 23.1. The third-order valence-electron chi connectivity index (χ3n) is 6.30. The summed E-state index contributed by atoms with van der Waals surface area (Å²) in [5, 5.41) is 8.26. The molecule has 9 heteroatoms. The predicted octanol–water partition coefficient (Wildman–Crippen LogP) is 3.14. The van der Waals surface area contributed by atoms with E-state index in [0.717, 1.165) is 5.56 Å². The summed E-state index contributed by atoms with van der Waals surface area (Å²) >= 11 is 0. The monoisotopic (exact) mass is 522 g/mol. The highest BCUT2D eigenvalue weighted by molar-refractivity contribution is 6.07. The quantitative estimate of drug-likeness (QED) is 0.570. The first-order valence-corrected chi connectivity index (χ1v) is 12.8. The van der Waals surface area contributed by atoms with E-state index in [4.69, 9.17) is 4.74 Å². The molecular weight excluding hydrogens is 484 g/mol. The molecule has 9 nitrogen and oxygen atoms in total. The summed E-state index contributed by atoms with van der Waals surface area (Å²) in [5.41, 5.74) is 0.979. The van der Waals surface area contributed by atoms with Gasteiger partial charge in [-0.3, -0.25) is 19.2 Å². The maximum atomic E-state index is 13.7. The van der Waals surface area contributed by atoms with Crippen LogP contribution in [0.1, 0.15) is 57.5 Å². The largest absolute Gasteiger partial charge is 0.488 e. The number of ether oxygens (including phenoxy) is 1. The van der Waals surface area contributed by atoms with Crippen LogP contribution in [0, 0.1) is 5.92 Å². The number of hydrogen-bond donors (Lipinski definition) is 3. The molecule has 3 atom stereocenters. The second kappa shape index (κ2) is 11.7. The average molecular weight is 523 g/mol. The number of amides is 4. The number of anilines is 1. The molecule has 0 aliphatic carbocycles. The zero-order chi connectivity index (χ0) is 28.2. The fraction of sp³-hybridized carbons (Fsp3) is 0.448. The second-order valence-corrected chi connectivity index (χ2v) is 11.0. The Hall–Kier alpha value is -3.88. The standard InChI is InChI=1S/C29H38N4O5/c1-17(2)24-28(37)33(7)23(16-19-12-14-20(15-13-19)38-29(4,5)6)27(36)31-22-11-9-8-10-21(22)26(35)30-18(3)25(34)32-24/h8-15,17-18,23-24H,16H2,1-7H3,(H,30,35)(H,31,36)(H,32,34)/t18-,23-,24-/m0/s1. The van der Waals surface area contributed by atoms with Crippen molar-refractivity contribution in [2.24, 2.45) is 5.92 Å². The van der Waals surface area contributed by atoms with Crippen LogP contribution in [-0.2, 0) is 20.8 Å². The highest BCUT2D eigenvalue weighted by Crippen LogP contribution is 2.22. The van der Waals surface area contributed by atoms with Crippen molar-refractivity contribution in [1.82, 2.24) is 15.5 Å². The molecule has 1 aliphatic rings. The SMILES string of the molecule is CC(C)[C@@H]1NC(=O)[C@H](C)NC(=O)c2ccccc2NC(=O)[C@H](Cc2ccc(OC(C)(C)C)cc2)N(C)C1=O. The number of nitrogens with zero attached hydrogens (tertiary/aromatic N) is 1. The van der Waals surface area contributed by atoms with E-state index in [1.807, 2.05) is 58.9 Å². The van der Waals surface area contributed by atoms with Crippen molar-refractivity contribution in [2.45, 2.75) is 71.7 Å². The van der Waals surface area contributed by atoms with Crippen molar-refractivity contribution in [3.8, 4) is 5.75 Å². The van der Waals surface area contributed by atoms with Gasteiger partial charge in [0.1, 0.15) is 29.5 Å². The van der Waals surface area contributed by atoms with E-state index >= 15 is 0 Å². The van der Waals surface area contributed by atoms with Crippen LogP contribution in [0.25, 0.3) is 0 Å². The number of likely N-dealkylation sites (N-methyl/N-ethyl adjacent to an activating group) is 1. The number of hydrogen-bond acceptors (Lipinski definition) is 5.